The van der Waals surface area contributed by atoms with Crippen molar-refractivity contribution < 1.29 is 4.79 Å². The van der Waals surface area contributed by atoms with Crippen LogP contribution in [0.25, 0.3) is 0 Å². The average Bonchev–Trinajstić information content (AvgIpc) is 2.87. The first-order valence-corrected chi connectivity index (χ1v) is 6.88. The topological polar surface area (TPSA) is 67.4 Å². The van der Waals surface area contributed by atoms with Crippen molar-refractivity contribution in [3.63, 3.8) is 0 Å². The molecule has 2 N–H and O–H groups in total. The highest BCUT2D eigenvalue weighted by Gasteiger charge is 2.26. The lowest BCUT2D eigenvalue weighted by atomic mass is 10.1. The quantitative estimate of drug-likeness (QED) is 0.826. The molecule has 19 heavy (non-hydrogen) atoms. The minimum absolute atomic E-state index is 0.0287. The predicted molar refractivity (Wildman–Crippen MR) is 73.8 cm³/mol. The normalized spacial score (nSPS) is 18.6. The molecule has 1 saturated heterocycles. The number of rotatable bonds is 4. The Kier molecular flexibility index (Phi) is 4.55. The zero-order chi connectivity index (χ0) is 13.8. The maximum Gasteiger partial charge on any atom is 0.274 e. The standard InChI is InChI=1S/C13H23N5O/c1-3-11(10-14)17-6-8-18(9-7-17)13(19)12-4-5-16(2)15-12/h4-5,11H,3,6-10,14H2,1-2H3. The second-order valence-electron chi connectivity index (χ2n) is 5.00. The summed E-state index contributed by atoms with van der Waals surface area (Å²) in [6.45, 7) is 6.15. The number of piperazine rings is 1. The fraction of sp³-hybridized carbons (Fsp3) is 0.692. The predicted octanol–water partition coefficient (Wildman–Crippen LogP) is -0.0848. The van der Waals surface area contributed by atoms with Crippen LogP contribution < -0.4 is 5.73 Å². The molecule has 1 atom stereocenters. The molecule has 1 aliphatic heterocycles. The maximum absolute atomic E-state index is 12.2. The number of aryl methyl sites for hydroxylation is 1. The highest BCUT2D eigenvalue weighted by atomic mass is 16.2. The second-order valence-corrected chi connectivity index (χ2v) is 5.00. The van der Waals surface area contributed by atoms with Gasteiger partial charge in [0.05, 0.1) is 0 Å². The van der Waals surface area contributed by atoms with Crippen molar-refractivity contribution >= 4 is 5.91 Å². The molecule has 6 nitrogen and oxygen atoms in total. The SMILES string of the molecule is CCC(CN)N1CCN(C(=O)c2ccn(C)n2)CC1. The Morgan fingerprint density at radius 3 is 2.58 bits per heavy atom. The van der Waals surface area contributed by atoms with E-state index in [9.17, 15) is 4.79 Å². The summed E-state index contributed by atoms with van der Waals surface area (Å²) in [7, 11) is 1.82. The molecule has 0 saturated carbocycles. The van der Waals surface area contributed by atoms with Gasteiger partial charge in [0.1, 0.15) is 5.69 Å². The van der Waals surface area contributed by atoms with Crippen molar-refractivity contribution in [2.75, 3.05) is 32.7 Å². The number of carbonyl (C=O) groups excluding carboxylic acids is 1. The molecule has 0 spiro atoms. The van der Waals surface area contributed by atoms with Crippen LogP contribution in [0.1, 0.15) is 23.8 Å². The van der Waals surface area contributed by atoms with E-state index in [4.69, 9.17) is 5.73 Å². The minimum Gasteiger partial charge on any atom is -0.335 e. The van der Waals surface area contributed by atoms with Crippen molar-refractivity contribution in [1.82, 2.24) is 19.6 Å². The molecule has 1 aromatic heterocycles. The highest BCUT2D eigenvalue weighted by molar-refractivity contribution is 5.92. The van der Waals surface area contributed by atoms with Gasteiger partial charge in [0, 0.05) is 52.0 Å². The molecule has 1 aliphatic rings. The number of nitrogens with two attached hydrogens (primary N) is 1. The molecule has 2 heterocycles. The lowest BCUT2D eigenvalue weighted by Gasteiger charge is -2.38. The van der Waals surface area contributed by atoms with Gasteiger partial charge in [-0.05, 0) is 12.5 Å². The Bertz CT molecular complexity index is 418. The van der Waals surface area contributed by atoms with Crippen LogP contribution in [0.3, 0.4) is 0 Å². The van der Waals surface area contributed by atoms with Gasteiger partial charge in [-0.15, -0.1) is 0 Å². The van der Waals surface area contributed by atoms with E-state index in [1.807, 2.05) is 11.9 Å². The first kappa shape index (κ1) is 14.0. The molecule has 1 fully saturated rings. The molecule has 0 aliphatic carbocycles. The molecule has 0 bridgehead atoms. The Labute approximate surface area is 114 Å². The lowest BCUT2D eigenvalue weighted by Crippen LogP contribution is -2.53. The van der Waals surface area contributed by atoms with E-state index < -0.39 is 0 Å². The molecule has 0 aromatic carbocycles. The zero-order valence-electron chi connectivity index (χ0n) is 11.7. The van der Waals surface area contributed by atoms with Gasteiger partial charge in [-0.3, -0.25) is 14.4 Å². The van der Waals surface area contributed by atoms with Gasteiger partial charge in [-0.2, -0.15) is 5.10 Å². The molecule has 1 unspecified atom stereocenters. The summed E-state index contributed by atoms with van der Waals surface area (Å²) in [5, 5.41) is 4.16. The van der Waals surface area contributed by atoms with Gasteiger partial charge in [0.25, 0.3) is 5.91 Å². The van der Waals surface area contributed by atoms with E-state index in [1.54, 1.807) is 16.9 Å². The summed E-state index contributed by atoms with van der Waals surface area (Å²) in [5.41, 5.74) is 6.30. The van der Waals surface area contributed by atoms with E-state index in [2.05, 4.69) is 16.9 Å². The Morgan fingerprint density at radius 2 is 2.11 bits per heavy atom. The van der Waals surface area contributed by atoms with E-state index in [0.717, 1.165) is 32.6 Å². The number of hydrogen-bond acceptors (Lipinski definition) is 4. The lowest BCUT2D eigenvalue weighted by molar-refractivity contribution is 0.0565. The minimum atomic E-state index is 0.0287. The molecule has 6 heteroatoms. The summed E-state index contributed by atoms with van der Waals surface area (Å²) >= 11 is 0. The number of amides is 1. The van der Waals surface area contributed by atoms with E-state index >= 15 is 0 Å². The van der Waals surface area contributed by atoms with Gasteiger partial charge in [0.2, 0.25) is 0 Å². The summed E-state index contributed by atoms with van der Waals surface area (Å²) < 4.78 is 1.66. The van der Waals surface area contributed by atoms with Crippen molar-refractivity contribution in [3.05, 3.63) is 18.0 Å². The Morgan fingerprint density at radius 1 is 1.42 bits per heavy atom. The van der Waals surface area contributed by atoms with Crippen LogP contribution in [0.5, 0.6) is 0 Å². The summed E-state index contributed by atoms with van der Waals surface area (Å²) in [5.74, 6) is 0.0287. The van der Waals surface area contributed by atoms with Crippen LogP contribution in [0.2, 0.25) is 0 Å². The summed E-state index contributed by atoms with van der Waals surface area (Å²) in [6.07, 6.45) is 2.86. The first-order chi connectivity index (χ1) is 9.15. The van der Waals surface area contributed by atoms with Crippen LogP contribution in [-0.2, 0) is 7.05 Å². The third-order valence-electron chi connectivity index (χ3n) is 3.79. The van der Waals surface area contributed by atoms with Gasteiger partial charge in [0.15, 0.2) is 0 Å². The largest absolute Gasteiger partial charge is 0.335 e. The fourth-order valence-corrected chi connectivity index (χ4v) is 2.56. The molecule has 1 aromatic rings. The Hall–Kier alpha value is -1.40. The third-order valence-corrected chi connectivity index (χ3v) is 3.79. The van der Waals surface area contributed by atoms with Crippen molar-refractivity contribution in [2.45, 2.75) is 19.4 Å². The summed E-state index contributed by atoms with van der Waals surface area (Å²) in [4.78, 5) is 16.5. The Balaban J connectivity index is 1.91. The summed E-state index contributed by atoms with van der Waals surface area (Å²) in [6, 6.07) is 2.20. The first-order valence-electron chi connectivity index (χ1n) is 6.88. The van der Waals surface area contributed by atoms with Crippen LogP contribution in [0, 0.1) is 0 Å². The van der Waals surface area contributed by atoms with E-state index in [0.29, 0.717) is 18.3 Å². The average molecular weight is 265 g/mol. The fourth-order valence-electron chi connectivity index (χ4n) is 2.56. The van der Waals surface area contributed by atoms with Crippen LogP contribution in [0.4, 0.5) is 0 Å². The molecule has 2 rings (SSSR count). The van der Waals surface area contributed by atoms with Gasteiger partial charge >= 0.3 is 0 Å². The molecular formula is C13H23N5O. The van der Waals surface area contributed by atoms with Crippen molar-refractivity contribution in [3.8, 4) is 0 Å². The molecular weight excluding hydrogens is 242 g/mol. The maximum atomic E-state index is 12.2. The molecule has 0 radical (unpaired) electrons. The highest BCUT2D eigenvalue weighted by Crippen LogP contribution is 2.11. The van der Waals surface area contributed by atoms with E-state index in [-0.39, 0.29) is 5.91 Å². The number of hydrogen-bond donors (Lipinski definition) is 1. The monoisotopic (exact) mass is 265 g/mol. The van der Waals surface area contributed by atoms with Crippen molar-refractivity contribution in [2.24, 2.45) is 12.8 Å². The van der Waals surface area contributed by atoms with E-state index in [1.165, 1.54) is 0 Å². The zero-order valence-corrected chi connectivity index (χ0v) is 11.7. The number of carbonyl (C=O) groups is 1. The third kappa shape index (κ3) is 3.13. The van der Waals surface area contributed by atoms with Crippen LogP contribution in [-0.4, -0.2) is 64.3 Å². The smallest absolute Gasteiger partial charge is 0.274 e. The second kappa shape index (κ2) is 6.16. The van der Waals surface area contributed by atoms with Gasteiger partial charge in [-0.1, -0.05) is 6.92 Å². The van der Waals surface area contributed by atoms with Gasteiger partial charge in [-0.25, -0.2) is 0 Å². The number of aromatic nitrogens is 2. The van der Waals surface area contributed by atoms with Crippen molar-refractivity contribution in [1.29, 1.82) is 0 Å². The number of nitrogens with zero attached hydrogens (tertiary/aromatic N) is 4. The molecule has 106 valence electrons. The van der Waals surface area contributed by atoms with Crippen LogP contribution >= 0.6 is 0 Å². The van der Waals surface area contributed by atoms with Gasteiger partial charge < -0.3 is 10.6 Å². The molecule has 1 amide bonds. The van der Waals surface area contributed by atoms with Crippen LogP contribution in [0.15, 0.2) is 12.3 Å².